The van der Waals surface area contributed by atoms with Crippen molar-refractivity contribution in [1.29, 1.82) is 0 Å². The third-order valence-corrected chi connectivity index (χ3v) is 2.01. The van der Waals surface area contributed by atoms with Gasteiger partial charge in [0.05, 0.1) is 12.9 Å². The second-order valence-corrected chi connectivity index (χ2v) is 3.62. The van der Waals surface area contributed by atoms with E-state index in [0.29, 0.717) is 12.8 Å². The summed E-state index contributed by atoms with van der Waals surface area (Å²) in [6.07, 6.45) is 1.02. The van der Waals surface area contributed by atoms with E-state index in [1.54, 1.807) is 18.7 Å². The summed E-state index contributed by atoms with van der Waals surface area (Å²) in [5, 5.41) is 2.13. The molecule has 0 atom stereocenters. The quantitative estimate of drug-likeness (QED) is 0.816. The van der Waals surface area contributed by atoms with Gasteiger partial charge in [0.2, 0.25) is 0 Å². The van der Waals surface area contributed by atoms with E-state index in [9.17, 15) is 22.0 Å². The molecule has 2 N–H and O–H groups in total. The molecule has 1 aliphatic carbocycles. The van der Waals surface area contributed by atoms with Crippen LogP contribution in [0.2, 0.25) is 0 Å². The van der Waals surface area contributed by atoms with Crippen LogP contribution in [0.3, 0.4) is 0 Å². The molecule has 0 spiro atoms. The number of nitrogens with zero attached hydrogens (tertiary/aromatic N) is 1. The van der Waals surface area contributed by atoms with Gasteiger partial charge in [-0.1, -0.05) is 0 Å². The Morgan fingerprint density at radius 3 is 2.18 bits per heavy atom. The summed E-state index contributed by atoms with van der Waals surface area (Å²) in [5.41, 5.74) is 0. The van der Waals surface area contributed by atoms with Gasteiger partial charge in [0.25, 0.3) is 0 Å². The summed E-state index contributed by atoms with van der Waals surface area (Å²) in [5.74, 6) is -4.60. The molecule has 3 nitrogen and oxygen atoms in total. The van der Waals surface area contributed by atoms with E-state index in [0.717, 1.165) is 0 Å². The van der Waals surface area contributed by atoms with Crippen LogP contribution in [0, 0.1) is 0 Å². The highest BCUT2D eigenvalue weighted by molar-refractivity contribution is 4.86. The fourth-order valence-corrected chi connectivity index (χ4v) is 0.875. The molecule has 1 saturated carbocycles. The van der Waals surface area contributed by atoms with Crippen LogP contribution < -0.4 is 5.32 Å². The van der Waals surface area contributed by atoms with Gasteiger partial charge >= 0.3 is 12.1 Å². The van der Waals surface area contributed by atoms with Crippen molar-refractivity contribution in [2.75, 3.05) is 6.54 Å². The average molecular weight is 257 g/mol. The molecule has 1 heterocycles. The van der Waals surface area contributed by atoms with E-state index in [4.69, 9.17) is 0 Å². The number of alkyl halides is 5. The van der Waals surface area contributed by atoms with Gasteiger partial charge in [0.1, 0.15) is 0 Å². The third-order valence-electron chi connectivity index (χ3n) is 2.01. The zero-order valence-electron chi connectivity index (χ0n) is 8.77. The monoisotopic (exact) mass is 257 g/mol. The van der Waals surface area contributed by atoms with E-state index in [2.05, 4.69) is 15.3 Å². The molecule has 0 amide bonds. The Hall–Kier alpha value is -1.18. The number of hydrogen-bond acceptors (Lipinski definition) is 2. The molecule has 0 aliphatic heterocycles. The Balaban J connectivity index is 0.000000239. The molecule has 1 aromatic heterocycles. The largest absolute Gasteiger partial charge is 0.454 e. The number of imidazole rings is 1. The van der Waals surface area contributed by atoms with Crippen LogP contribution in [0.1, 0.15) is 12.8 Å². The lowest BCUT2D eigenvalue weighted by Gasteiger charge is -2.19. The van der Waals surface area contributed by atoms with Crippen molar-refractivity contribution in [3.8, 4) is 0 Å². The first-order chi connectivity index (χ1) is 7.83. The zero-order chi connectivity index (χ0) is 12.9. The maximum absolute atomic E-state index is 12.1. The first kappa shape index (κ1) is 13.9. The maximum Gasteiger partial charge on any atom is 0.454 e. The fraction of sp³-hybridized carbons (Fsp3) is 0.667. The SMILES string of the molecule is FC(F)(F)C(F)(F)CNC1CC1.c1c[nH]cn1. The van der Waals surface area contributed by atoms with E-state index in [1.807, 2.05) is 0 Å². The smallest absolute Gasteiger partial charge is 0.351 e. The first-order valence-electron chi connectivity index (χ1n) is 4.93. The Labute approximate surface area is 94.4 Å². The normalized spacial score (nSPS) is 16.3. The Morgan fingerprint density at radius 2 is 1.88 bits per heavy atom. The molecule has 17 heavy (non-hydrogen) atoms. The van der Waals surface area contributed by atoms with Crippen molar-refractivity contribution in [3.05, 3.63) is 18.7 Å². The van der Waals surface area contributed by atoms with Crippen molar-refractivity contribution in [3.63, 3.8) is 0 Å². The van der Waals surface area contributed by atoms with Gasteiger partial charge in [-0.2, -0.15) is 22.0 Å². The Bertz CT molecular complexity index is 288. The van der Waals surface area contributed by atoms with Crippen LogP contribution in [0.4, 0.5) is 22.0 Å². The lowest BCUT2D eigenvalue weighted by Crippen LogP contribution is -2.45. The van der Waals surface area contributed by atoms with Gasteiger partial charge in [-0.3, -0.25) is 0 Å². The second-order valence-electron chi connectivity index (χ2n) is 3.62. The van der Waals surface area contributed by atoms with E-state index in [1.165, 1.54) is 0 Å². The number of H-pyrrole nitrogens is 1. The predicted octanol–water partition coefficient (Wildman–Crippen LogP) is 2.35. The van der Waals surface area contributed by atoms with Gasteiger partial charge in [-0.25, -0.2) is 4.98 Å². The second kappa shape index (κ2) is 5.44. The molecule has 2 rings (SSSR count). The summed E-state index contributed by atoms with van der Waals surface area (Å²) < 4.78 is 58.8. The predicted molar refractivity (Wildman–Crippen MR) is 50.6 cm³/mol. The van der Waals surface area contributed by atoms with Crippen LogP contribution in [-0.2, 0) is 0 Å². The highest BCUT2D eigenvalue weighted by atomic mass is 19.4. The molecule has 1 aromatic rings. The third kappa shape index (κ3) is 5.12. The van der Waals surface area contributed by atoms with Gasteiger partial charge < -0.3 is 10.3 Å². The Kier molecular flexibility index (Phi) is 4.44. The summed E-state index contributed by atoms with van der Waals surface area (Å²) in [6, 6.07) is -0.141. The number of nitrogens with one attached hydrogen (secondary N) is 2. The average Bonchev–Trinajstić information content (AvgIpc) is 2.84. The number of halogens is 5. The van der Waals surface area contributed by atoms with Crippen molar-refractivity contribution in [2.45, 2.75) is 31.0 Å². The number of rotatable bonds is 3. The molecule has 1 aliphatic rings. The molecule has 0 radical (unpaired) electrons. The van der Waals surface area contributed by atoms with Crippen LogP contribution in [0.25, 0.3) is 0 Å². The zero-order valence-corrected chi connectivity index (χ0v) is 8.77. The molecule has 8 heteroatoms. The van der Waals surface area contributed by atoms with Gasteiger partial charge in [-0.15, -0.1) is 0 Å². The molecule has 0 saturated heterocycles. The molecular formula is C9H12F5N3. The van der Waals surface area contributed by atoms with Crippen LogP contribution in [-0.4, -0.2) is 34.7 Å². The minimum atomic E-state index is -5.44. The van der Waals surface area contributed by atoms with E-state index >= 15 is 0 Å². The Morgan fingerprint density at radius 1 is 1.24 bits per heavy atom. The first-order valence-corrected chi connectivity index (χ1v) is 4.93. The summed E-state index contributed by atoms with van der Waals surface area (Å²) in [4.78, 5) is 6.42. The number of hydrogen-bond donors (Lipinski definition) is 2. The highest BCUT2D eigenvalue weighted by Crippen LogP contribution is 2.35. The number of aromatic nitrogens is 2. The van der Waals surface area contributed by atoms with Crippen molar-refractivity contribution >= 4 is 0 Å². The van der Waals surface area contributed by atoms with Gasteiger partial charge in [0, 0.05) is 18.4 Å². The molecule has 1 fully saturated rings. The van der Waals surface area contributed by atoms with E-state index < -0.39 is 18.6 Å². The number of aromatic amines is 1. The minimum absolute atomic E-state index is 0.141. The lowest BCUT2D eigenvalue weighted by atomic mass is 10.3. The van der Waals surface area contributed by atoms with Crippen LogP contribution >= 0.6 is 0 Å². The summed E-state index contributed by atoms with van der Waals surface area (Å²) >= 11 is 0. The van der Waals surface area contributed by atoms with Gasteiger partial charge in [0.15, 0.2) is 0 Å². The topological polar surface area (TPSA) is 40.7 Å². The molecule has 0 unspecified atom stereocenters. The van der Waals surface area contributed by atoms with E-state index in [-0.39, 0.29) is 6.04 Å². The molecule has 0 aromatic carbocycles. The molecule has 98 valence electrons. The lowest BCUT2D eigenvalue weighted by molar-refractivity contribution is -0.279. The van der Waals surface area contributed by atoms with Crippen molar-refractivity contribution in [1.82, 2.24) is 15.3 Å². The van der Waals surface area contributed by atoms with Crippen molar-refractivity contribution < 1.29 is 22.0 Å². The summed E-state index contributed by atoms with van der Waals surface area (Å²) in [7, 11) is 0. The van der Waals surface area contributed by atoms with Gasteiger partial charge in [-0.05, 0) is 12.8 Å². The molecular weight excluding hydrogens is 245 g/mol. The standard InChI is InChI=1S/C6H8F5N.C3H4N2/c7-5(8,6(9,10)11)3-12-4-1-2-4;1-2-5-3-4-1/h4,12H,1-3H2;1-3H,(H,4,5). The van der Waals surface area contributed by atoms with Crippen LogP contribution in [0.15, 0.2) is 18.7 Å². The minimum Gasteiger partial charge on any atom is -0.351 e. The van der Waals surface area contributed by atoms with Crippen molar-refractivity contribution in [2.24, 2.45) is 0 Å². The van der Waals surface area contributed by atoms with Crippen LogP contribution in [0.5, 0.6) is 0 Å². The molecule has 0 bridgehead atoms. The maximum atomic E-state index is 12.1. The fourth-order valence-electron chi connectivity index (χ4n) is 0.875. The highest BCUT2D eigenvalue weighted by Gasteiger charge is 2.57. The summed E-state index contributed by atoms with van der Waals surface area (Å²) in [6.45, 7) is -1.30.